The van der Waals surface area contributed by atoms with Gasteiger partial charge in [0.15, 0.2) is 0 Å². The van der Waals surface area contributed by atoms with E-state index in [1.807, 2.05) is 18.2 Å². The molecule has 0 atom stereocenters. The van der Waals surface area contributed by atoms with Crippen LogP contribution in [0.15, 0.2) is 48.5 Å². The first-order valence-corrected chi connectivity index (χ1v) is 14.1. The van der Waals surface area contributed by atoms with Crippen LogP contribution in [0.2, 0.25) is 0 Å². The molecule has 0 aliphatic rings. The first-order valence-electron chi connectivity index (χ1n) is 14.1. The third-order valence-electron chi connectivity index (χ3n) is 7.08. The third-order valence-corrected chi connectivity index (χ3v) is 7.08. The zero-order valence-corrected chi connectivity index (χ0v) is 24.1. The second-order valence-electron chi connectivity index (χ2n) is 9.29. The van der Waals surface area contributed by atoms with Crippen LogP contribution < -0.4 is 10.1 Å². The fourth-order valence-electron chi connectivity index (χ4n) is 4.29. The minimum Gasteiger partial charge on any atom is -0.493 e. The van der Waals surface area contributed by atoms with E-state index >= 15 is 0 Å². The van der Waals surface area contributed by atoms with E-state index in [1.165, 1.54) is 25.7 Å². The molecule has 1 amide bonds. The number of benzene rings is 2. The largest absolute Gasteiger partial charge is 0.493 e. The lowest BCUT2D eigenvalue weighted by molar-refractivity contribution is -0.923. The molecular formula is C31H49N2O5+. The number of likely N-dealkylation sites (N-methyl/N-ethyl adjacent to an activating group) is 1. The van der Waals surface area contributed by atoms with Gasteiger partial charge in [-0.1, -0.05) is 51.2 Å². The van der Waals surface area contributed by atoms with Gasteiger partial charge in [0, 0.05) is 12.8 Å². The monoisotopic (exact) mass is 529 g/mol. The number of nitrogens with one attached hydrogen (secondary N) is 1. The Morgan fingerprint density at radius 3 is 2.03 bits per heavy atom. The number of ether oxygens (including phenoxy) is 2. The van der Waals surface area contributed by atoms with Gasteiger partial charge in [0.2, 0.25) is 0 Å². The van der Waals surface area contributed by atoms with E-state index in [0.717, 1.165) is 50.6 Å². The average molecular weight is 530 g/mol. The zero-order chi connectivity index (χ0) is 28.2. The maximum absolute atomic E-state index is 12.9. The molecule has 0 aliphatic carbocycles. The minimum absolute atomic E-state index is 0.239. The van der Waals surface area contributed by atoms with E-state index in [2.05, 4.69) is 33.0 Å². The van der Waals surface area contributed by atoms with Crippen molar-refractivity contribution >= 4 is 17.6 Å². The molecule has 0 spiro atoms. The number of carbonyl (C=O) groups is 2. The summed E-state index contributed by atoms with van der Waals surface area (Å²) in [5.74, 6) is 0.00359. The van der Waals surface area contributed by atoms with Crippen molar-refractivity contribution in [2.75, 3.05) is 51.8 Å². The van der Waals surface area contributed by atoms with Crippen molar-refractivity contribution in [3.8, 4) is 5.75 Å². The smallest absolute Gasteiger partial charge is 0.338 e. The van der Waals surface area contributed by atoms with Gasteiger partial charge in [-0.15, -0.1) is 0 Å². The van der Waals surface area contributed by atoms with Gasteiger partial charge >= 0.3 is 5.97 Å². The van der Waals surface area contributed by atoms with Crippen LogP contribution in [-0.2, 0) is 4.74 Å². The Morgan fingerprint density at radius 1 is 0.789 bits per heavy atom. The highest BCUT2D eigenvalue weighted by molar-refractivity contribution is 6.06. The molecule has 2 aromatic rings. The van der Waals surface area contributed by atoms with Crippen LogP contribution in [0.1, 0.15) is 86.9 Å². The molecule has 212 valence electrons. The van der Waals surface area contributed by atoms with Crippen LogP contribution in [0.25, 0.3) is 0 Å². The number of aliphatic hydroxyl groups excluding tert-OH is 1. The highest BCUT2D eigenvalue weighted by Gasteiger charge is 2.21. The van der Waals surface area contributed by atoms with Gasteiger partial charge in [-0.2, -0.15) is 0 Å². The lowest BCUT2D eigenvalue weighted by atomic mass is 10.1. The van der Waals surface area contributed by atoms with Gasteiger partial charge < -0.3 is 24.4 Å². The molecule has 0 bridgehead atoms. The maximum atomic E-state index is 12.9. The van der Waals surface area contributed by atoms with Gasteiger partial charge in [0.05, 0.1) is 37.4 Å². The number of unbranched alkanes of at least 4 members (excludes halogenated alkanes) is 5. The number of hydrogen-bond acceptors (Lipinski definition) is 5. The number of hydrogen-bond donors (Lipinski definition) is 2. The molecule has 2 rings (SSSR count). The quantitative estimate of drug-likeness (QED) is 0.142. The first kappa shape index (κ1) is 33.1. The number of aliphatic hydroxyl groups is 1. The fourth-order valence-corrected chi connectivity index (χ4v) is 4.29. The molecule has 7 heteroatoms. The van der Waals surface area contributed by atoms with Gasteiger partial charge in [0.25, 0.3) is 5.91 Å². The number of amides is 1. The summed E-state index contributed by atoms with van der Waals surface area (Å²) < 4.78 is 12.4. The molecule has 0 aromatic heterocycles. The van der Waals surface area contributed by atoms with Crippen molar-refractivity contribution in [3.05, 3.63) is 59.7 Å². The van der Waals surface area contributed by atoms with Crippen molar-refractivity contribution in [1.82, 2.24) is 0 Å². The summed E-state index contributed by atoms with van der Waals surface area (Å²) in [7, 11) is 1.00. The lowest BCUT2D eigenvalue weighted by Gasteiger charge is -2.35. The van der Waals surface area contributed by atoms with Crippen molar-refractivity contribution in [3.63, 3.8) is 0 Å². The van der Waals surface area contributed by atoms with E-state index in [0.29, 0.717) is 35.8 Å². The molecule has 0 fully saturated rings. The Morgan fingerprint density at radius 2 is 1.39 bits per heavy atom. The normalized spacial score (nSPS) is 10.8. The lowest BCUT2D eigenvalue weighted by Crippen LogP contribution is -2.49. The molecule has 0 saturated heterocycles. The van der Waals surface area contributed by atoms with Crippen LogP contribution in [0.3, 0.4) is 0 Å². The van der Waals surface area contributed by atoms with Gasteiger partial charge in [-0.3, -0.25) is 4.79 Å². The highest BCUT2D eigenvalue weighted by atomic mass is 16.5. The molecule has 0 heterocycles. The highest BCUT2D eigenvalue weighted by Crippen LogP contribution is 2.21. The van der Waals surface area contributed by atoms with Gasteiger partial charge in [-0.25, -0.2) is 4.79 Å². The summed E-state index contributed by atoms with van der Waals surface area (Å²) in [4.78, 5) is 25.4. The second-order valence-corrected chi connectivity index (χ2v) is 9.29. The molecule has 2 aromatic carbocycles. The number of nitrogens with zero attached hydrogens (tertiary/aromatic N) is 1. The molecule has 7 nitrogen and oxygen atoms in total. The summed E-state index contributed by atoms with van der Waals surface area (Å²) in [6.07, 6.45) is 7.12. The average Bonchev–Trinajstić information content (AvgIpc) is 2.96. The Labute approximate surface area is 229 Å². The standard InChI is InChI=1S/C30H44N2O4.CH4O/c1-5-9-10-11-12-15-23-35-28-17-14-13-16-27(28)29(33)31-26-20-18-25(19-21-26)30(34)36-24-22-32(6-2,7-3)8-4;1-2/h13-14,16-21H,5-12,15,22-24H2,1-4H3;2H,1H3/p+1. The number of anilines is 1. The van der Waals surface area contributed by atoms with Gasteiger partial charge in [-0.05, 0) is 63.6 Å². The number of rotatable bonds is 17. The van der Waals surface area contributed by atoms with Crippen LogP contribution in [0, 0.1) is 0 Å². The Bertz CT molecular complexity index is 918. The van der Waals surface area contributed by atoms with Crippen molar-refractivity contribution in [2.24, 2.45) is 0 Å². The van der Waals surface area contributed by atoms with Crippen molar-refractivity contribution < 1.29 is 28.7 Å². The summed E-state index contributed by atoms with van der Waals surface area (Å²) >= 11 is 0. The zero-order valence-electron chi connectivity index (χ0n) is 24.1. The van der Waals surface area contributed by atoms with Crippen LogP contribution in [-0.4, -0.2) is 68.0 Å². The maximum Gasteiger partial charge on any atom is 0.338 e. The van der Waals surface area contributed by atoms with Crippen LogP contribution in [0.4, 0.5) is 5.69 Å². The number of carbonyl (C=O) groups excluding carboxylic acids is 2. The number of quaternary nitrogens is 1. The van der Waals surface area contributed by atoms with E-state index in [-0.39, 0.29) is 11.9 Å². The molecule has 0 saturated carbocycles. The van der Waals surface area contributed by atoms with E-state index < -0.39 is 0 Å². The van der Waals surface area contributed by atoms with Crippen molar-refractivity contribution in [2.45, 2.75) is 66.2 Å². The fraction of sp³-hybridized carbons (Fsp3) is 0.548. The molecular weight excluding hydrogens is 480 g/mol. The van der Waals surface area contributed by atoms with Gasteiger partial charge in [0.1, 0.15) is 18.9 Å². The van der Waals surface area contributed by atoms with E-state index in [4.69, 9.17) is 14.6 Å². The molecule has 0 aliphatic heterocycles. The molecule has 0 unspecified atom stereocenters. The van der Waals surface area contributed by atoms with Crippen LogP contribution >= 0.6 is 0 Å². The SMILES string of the molecule is CCCCCCCCOc1ccccc1C(=O)Nc1ccc(C(=O)OCC[N+](CC)(CC)CC)cc1.CO. The minimum atomic E-state index is -0.345. The van der Waals surface area contributed by atoms with E-state index in [1.54, 1.807) is 30.3 Å². The summed E-state index contributed by atoms with van der Waals surface area (Å²) in [5.41, 5.74) is 1.58. The molecule has 38 heavy (non-hydrogen) atoms. The summed E-state index contributed by atoms with van der Waals surface area (Å²) in [5, 5.41) is 9.90. The van der Waals surface area contributed by atoms with E-state index in [9.17, 15) is 9.59 Å². The van der Waals surface area contributed by atoms with Crippen LogP contribution in [0.5, 0.6) is 5.75 Å². The van der Waals surface area contributed by atoms with Crippen molar-refractivity contribution in [1.29, 1.82) is 0 Å². The predicted molar refractivity (Wildman–Crippen MR) is 155 cm³/mol. The number of esters is 1. The topological polar surface area (TPSA) is 84.9 Å². The Kier molecular flexibility index (Phi) is 16.7. The molecule has 2 N–H and O–H groups in total. The number of para-hydroxylation sites is 1. The first-order chi connectivity index (χ1) is 18.5. The Balaban J connectivity index is 0.00000352. The molecule has 0 radical (unpaired) electrons. The third kappa shape index (κ3) is 11.2. The predicted octanol–water partition coefficient (Wildman–Crippen LogP) is 6.32. The Hall–Kier alpha value is -2.90. The second kappa shape index (κ2) is 19.2. The summed E-state index contributed by atoms with van der Waals surface area (Å²) in [6, 6.07) is 14.1. The summed E-state index contributed by atoms with van der Waals surface area (Å²) in [6.45, 7) is 13.6.